The van der Waals surface area contributed by atoms with Crippen LogP contribution in [0.5, 0.6) is 5.75 Å². The molecule has 0 aliphatic carbocycles. The predicted molar refractivity (Wildman–Crippen MR) is 162 cm³/mol. The standard InChI is InChI=1S/C34H38N4O3/c1-25(39)36(2)23-31-33(28-15-13-27(14-16-28)12-11-26-9-5-4-6-10-26)32-24-37(21-7-8-22-38(31)32)34(40)35-29-17-19-30(41-3)20-18-29/h4-6,9-10,13-20,31-33H,7-8,21-24H2,1-3H3,(H,35,40)/t31-,32+,33+/m1/s1. The lowest BCUT2D eigenvalue weighted by molar-refractivity contribution is -0.130. The number of nitrogens with zero attached hydrogens (tertiary/aromatic N) is 3. The lowest BCUT2D eigenvalue weighted by Crippen LogP contribution is -2.69. The first-order valence-electron chi connectivity index (χ1n) is 14.3. The Morgan fingerprint density at radius 3 is 2.24 bits per heavy atom. The molecule has 0 unspecified atom stereocenters. The number of methoxy groups -OCH3 is 1. The van der Waals surface area contributed by atoms with E-state index >= 15 is 0 Å². The number of ether oxygens (including phenoxy) is 1. The number of carbonyl (C=O) groups excluding carboxylic acids is 2. The monoisotopic (exact) mass is 550 g/mol. The van der Waals surface area contributed by atoms with Gasteiger partial charge >= 0.3 is 6.03 Å². The Bertz CT molecular complexity index is 1400. The maximum absolute atomic E-state index is 13.4. The van der Waals surface area contributed by atoms with Crippen molar-refractivity contribution >= 4 is 17.6 Å². The van der Waals surface area contributed by atoms with Crippen LogP contribution in [-0.2, 0) is 4.79 Å². The molecule has 2 aliphatic heterocycles. The summed E-state index contributed by atoms with van der Waals surface area (Å²) in [6.07, 6.45) is 1.94. The van der Waals surface area contributed by atoms with Crippen LogP contribution in [-0.4, -0.2) is 79.1 Å². The molecule has 7 nitrogen and oxygen atoms in total. The average molecular weight is 551 g/mol. The zero-order valence-corrected chi connectivity index (χ0v) is 24.0. The molecule has 0 saturated carbocycles. The first-order valence-corrected chi connectivity index (χ1v) is 14.3. The highest BCUT2D eigenvalue weighted by Crippen LogP contribution is 2.42. The Morgan fingerprint density at radius 1 is 0.927 bits per heavy atom. The number of urea groups is 1. The molecule has 2 aliphatic rings. The van der Waals surface area contributed by atoms with E-state index in [4.69, 9.17) is 4.74 Å². The molecule has 0 radical (unpaired) electrons. The molecule has 5 rings (SSSR count). The van der Waals surface area contributed by atoms with Gasteiger partial charge in [0.1, 0.15) is 5.75 Å². The molecule has 3 aromatic rings. The Balaban J connectivity index is 1.36. The van der Waals surface area contributed by atoms with E-state index in [9.17, 15) is 9.59 Å². The molecule has 0 aromatic heterocycles. The van der Waals surface area contributed by atoms with Crippen molar-refractivity contribution in [2.45, 2.75) is 37.8 Å². The van der Waals surface area contributed by atoms with E-state index in [1.54, 1.807) is 18.9 Å². The van der Waals surface area contributed by atoms with Crippen LogP contribution in [0.4, 0.5) is 10.5 Å². The largest absolute Gasteiger partial charge is 0.497 e. The average Bonchev–Trinajstić information content (AvgIpc) is 2.98. The number of rotatable bonds is 5. The van der Waals surface area contributed by atoms with Gasteiger partial charge in [0.25, 0.3) is 0 Å². The van der Waals surface area contributed by atoms with Gasteiger partial charge in [0, 0.05) is 68.4 Å². The molecule has 2 heterocycles. The van der Waals surface area contributed by atoms with Crippen LogP contribution in [0.3, 0.4) is 0 Å². The summed E-state index contributed by atoms with van der Waals surface area (Å²) in [7, 11) is 3.50. The van der Waals surface area contributed by atoms with Crippen molar-refractivity contribution in [2.75, 3.05) is 45.7 Å². The smallest absolute Gasteiger partial charge is 0.321 e. The summed E-state index contributed by atoms with van der Waals surface area (Å²) in [5.41, 5.74) is 3.91. The number of hydrogen-bond donors (Lipinski definition) is 1. The Kier molecular flexibility index (Phi) is 8.91. The fourth-order valence-electron chi connectivity index (χ4n) is 5.87. The number of carbonyl (C=O) groups is 2. The Morgan fingerprint density at radius 2 is 1.59 bits per heavy atom. The lowest BCUT2D eigenvalue weighted by atomic mass is 9.73. The second-order valence-corrected chi connectivity index (χ2v) is 10.8. The van der Waals surface area contributed by atoms with E-state index < -0.39 is 0 Å². The van der Waals surface area contributed by atoms with E-state index in [0.29, 0.717) is 19.6 Å². The first kappa shape index (κ1) is 28.3. The zero-order valence-electron chi connectivity index (χ0n) is 24.0. The highest BCUT2D eigenvalue weighted by molar-refractivity contribution is 5.89. The van der Waals surface area contributed by atoms with Crippen molar-refractivity contribution in [3.8, 4) is 17.6 Å². The zero-order chi connectivity index (χ0) is 28.8. The normalized spacial score (nSPS) is 20.3. The molecule has 3 aromatic carbocycles. The minimum absolute atomic E-state index is 0.0614. The highest BCUT2D eigenvalue weighted by atomic mass is 16.5. The number of amides is 3. The predicted octanol–water partition coefficient (Wildman–Crippen LogP) is 5.04. The third kappa shape index (κ3) is 6.72. The Hall–Kier alpha value is -4.28. The lowest BCUT2D eigenvalue weighted by Gasteiger charge is -2.58. The summed E-state index contributed by atoms with van der Waals surface area (Å²) in [6.45, 7) is 4.58. The highest BCUT2D eigenvalue weighted by Gasteiger charge is 2.50. The quantitative estimate of drug-likeness (QED) is 0.453. The SMILES string of the molecule is COc1ccc(NC(=O)N2CCCCN3[C@H](CN(C)C(C)=O)[C@H](c4ccc(C#Cc5ccccc5)cc4)[C@@H]3C2)cc1. The van der Waals surface area contributed by atoms with E-state index in [0.717, 1.165) is 42.0 Å². The van der Waals surface area contributed by atoms with Crippen molar-refractivity contribution in [3.63, 3.8) is 0 Å². The van der Waals surface area contributed by atoms with Gasteiger partial charge in [0.05, 0.1) is 7.11 Å². The number of benzene rings is 3. The van der Waals surface area contributed by atoms with Gasteiger partial charge in [-0.25, -0.2) is 4.79 Å². The van der Waals surface area contributed by atoms with Crippen molar-refractivity contribution in [3.05, 3.63) is 95.6 Å². The summed E-state index contributed by atoms with van der Waals surface area (Å²) < 4.78 is 5.24. The van der Waals surface area contributed by atoms with Crippen LogP contribution in [0.1, 0.15) is 42.4 Å². The van der Waals surface area contributed by atoms with Crippen molar-refractivity contribution in [1.82, 2.24) is 14.7 Å². The molecule has 41 heavy (non-hydrogen) atoms. The molecule has 2 saturated heterocycles. The van der Waals surface area contributed by atoms with E-state index in [2.05, 4.69) is 46.3 Å². The van der Waals surface area contributed by atoms with Gasteiger partial charge in [-0.05, 0) is 73.5 Å². The number of hydrogen-bond acceptors (Lipinski definition) is 4. The molecule has 1 N–H and O–H groups in total. The van der Waals surface area contributed by atoms with Crippen LogP contribution < -0.4 is 10.1 Å². The van der Waals surface area contributed by atoms with Crippen molar-refractivity contribution in [2.24, 2.45) is 0 Å². The fourth-order valence-corrected chi connectivity index (χ4v) is 5.87. The molecular weight excluding hydrogens is 512 g/mol. The van der Waals surface area contributed by atoms with Gasteiger partial charge in [-0.15, -0.1) is 0 Å². The van der Waals surface area contributed by atoms with Gasteiger partial charge < -0.3 is 19.9 Å². The number of likely N-dealkylation sites (N-methyl/N-ethyl adjacent to an activating group) is 1. The third-order valence-corrected chi connectivity index (χ3v) is 8.23. The minimum Gasteiger partial charge on any atom is -0.497 e. The Labute approximate surface area is 243 Å². The molecule has 212 valence electrons. The third-order valence-electron chi connectivity index (χ3n) is 8.23. The summed E-state index contributed by atoms with van der Waals surface area (Å²) >= 11 is 0. The van der Waals surface area contributed by atoms with E-state index in [-0.39, 0.29) is 29.9 Å². The van der Waals surface area contributed by atoms with Gasteiger partial charge in [0.15, 0.2) is 0 Å². The summed E-state index contributed by atoms with van der Waals surface area (Å²) in [5, 5.41) is 3.06. The second kappa shape index (κ2) is 12.9. The van der Waals surface area contributed by atoms with Crippen LogP contribution in [0.2, 0.25) is 0 Å². The van der Waals surface area contributed by atoms with Crippen LogP contribution in [0, 0.1) is 11.8 Å². The van der Waals surface area contributed by atoms with Crippen LogP contribution in [0.15, 0.2) is 78.9 Å². The molecule has 0 spiro atoms. The molecule has 3 amide bonds. The fraction of sp³-hybridized carbons (Fsp3) is 0.353. The van der Waals surface area contributed by atoms with Gasteiger partial charge in [-0.2, -0.15) is 0 Å². The number of fused-ring (bicyclic) bond motifs is 1. The van der Waals surface area contributed by atoms with Crippen LogP contribution in [0.25, 0.3) is 0 Å². The molecule has 2 fully saturated rings. The second-order valence-electron chi connectivity index (χ2n) is 10.8. The molecule has 0 bridgehead atoms. The molecule has 7 heteroatoms. The maximum atomic E-state index is 13.4. The number of nitrogens with one attached hydrogen (secondary N) is 1. The first-order chi connectivity index (χ1) is 19.9. The molecule has 3 atom stereocenters. The number of anilines is 1. The maximum Gasteiger partial charge on any atom is 0.321 e. The van der Waals surface area contributed by atoms with E-state index in [1.807, 2.05) is 66.5 Å². The van der Waals surface area contributed by atoms with E-state index in [1.165, 1.54) is 5.56 Å². The van der Waals surface area contributed by atoms with Crippen LogP contribution >= 0.6 is 0 Å². The summed E-state index contributed by atoms with van der Waals surface area (Å²) in [4.78, 5) is 31.8. The van der Waals surface area contributed by atoms with Gasteiger partial charge in [-0.1, -0.05) is 42.2 Å². The minimum atomic E-state index is -0.0911. The van der Waals surface area contributed by atoms with Crippen molar-refractivity contribution in [1.29, 1.82) is 0 Å². The van der Waals surface area contributed by atoms with Gasteiger partial charge in [0.2, 0.25) is 5.91 Å². The van der Waals surface area contributed by atoms with Crippen molar-refractivity contribution < 1.29 is 14.3 Å². The summed E-state index contributed by atoms with van der Waals surface area (Å²) in [5.74, 6) is 7.50. The topological polar surface area (TPSA) is 65.1 Å². The van der Waals surface area contributed by atoms with Gasteiger partial charge in [-0.3, -0.25) is 9.69 Å². The molecular formula is C34H38N4O3. The summed E-state index contributed by atoms with van der Waals surface area (Å²) in [6, 6.07) is 26.1.